The highest BCUT2D eigenvalue weighted by atomic mass is 35.5. The highest BCUT2D eigenvalue weighted by Gasteiger charge is 2.08. The average Bonchev–Trinajstić information content (AvgIpc) is 2.34. The molecule has 84 valence electrons. The fourth-order valence-corrected chi connectivity index (χ4v) is 1.54. The van der Waals surface area contributed by atoms with E-state index in [0.717, 1.165) is 18.4 Å². The predicted octanol–water partition coefficient (Wildman–Crippen LogP) is 2.52. The second-order valence-corrected chi connectivity index (χ2v) is 3.69. The van der Waals surface area contributed by atoms with Crippen LogP contribution in [0.4, 0.5) is 0 Å². The van der Waals surface area contributed by atoms with E-state index >= 15 is 0 Å². The Morgan fingerprint density at radius 2 is 2.25 bits per heavy atom. The quantitative estimate of drug-likeness (QED) is 0.597. The number of aryl methyl sites for hydroxylation is 1. The highest BCUT2D eigenvalue weighted by Crippen LogP contribution is 2.13. The van der Waals surface area contributed by atoms with Crippen molar-refractivity contribution in [3.8, 4) is 6.07 Å². The van der Waals surface area contributed by atoms with Crippen LogP contribution in [0.3, 0.4) is 0 Å². The molecule has 1 rings (SSSR count). The van der Waals surface area contributed by atoms with E-state index in [1.54, 1.807) is 12.1 Å². The number of hydrogen-bond acceptors (Lipinski definition) is 3. The molecule has 0 heterocycles. The van der Waals surface area contributed by atoms with E-state index < -0.39 is 5.97 Å². The van der Waals surface area contributed by atoms with Gasteiger partial charge in [-0.25, -0.2) is 4.79 Å². The molecule has 1 aromatic rings. The fourth-order valence-electron chi connectivity index (χ4n) is 1.41. The number of nitriles is 1. The van der Waals surface area contributed by atoms with Gasteiger partial charge in [0.15, 0.2) is 0 Å². The van der Waals surface area contributed by atoms with Crippen molar-refractivity contribution in [3.63, 3.8) is 0 Å². The third-order valence-corrected chi connectivity index (χ3v) is 2.41. The monoisotopic (exact) mass is 237 g/mol. The van der Waals surface area contributed by atoms with Crippen LogP contribution < -0.4 is 0 Å². The molecule has 0 unspecified atom stereocenters. The summed E-state index contributed by atoms with van der Waals surface area (Å²) in [6, 6.07) is 7.04. The summed E-state index contributed by atoms with van der Waals surface area (Å²) < 4.78 is 4.62. The molecule has 0 saturated carbocycles. The number of rotatable bonds is 4. The molecule has 0 saturated heterocycles. The Hall–Kier alpha value is -1.53. The molecule has 0 bridgehead atoms. The van der Waals surface area contributed by atoms with Gasteiger partial charge >= 0.3 is 5.97 Å². The maximum Gasteiger partial charge on any atom is 0.337 e. The number of ether oxygens (including phenoxy) is 1. The molecule has 0 atom stereocenters. The second kappa shape index (κ2) is 6.14. The van der Waals surface area contributed by atoms with Crippen molar-refractivity contribution < 1.29 is 9.53 Å². The Morgan fingerprint density at radius 1 is 1.50 bits per heavy atom. The first-order valence-electron chi connectivity index (χ1n) is 4.89. The molecular weight excluding hydrogens is 226 g/mol. The Labute approximate surface area is 99.6 Å². The Morgan fingerprint density at radius 3 is 2.81 bits per heavy atom. The van der Waals surface area contributed by atoms with Gasteiger partial charge in [-0.2, -0.15) is 5.26 Å². The smallest absolute Gasteiger partial charge is 0.337 e. The number of hydrogen-bond donors (Lipinski definition) is 0. The van der Waals surface area contributed by atoms with Gasteiger partial charge in [-0.05, 0) is 36.6 Å². The third-order valence-electron chi connectivity index (χ3n) is 2.14. The van der Waals surface area contributed by atoms with Gasteiger partial charge in [0.2, 0.25) is 0 Å². The number of alkyl halides is 1. The van der Waals surface area contributed by atoms with Gasteiger partial charge in [0, 0.05) is 5.88 Å². The number of halogens is 1. The molecule has 0 radical (unpaired) electrons. The second-order valence-electron chi connectivity index (χ2n) is 3.31. The van der Waals surface area contributed by atoms with Crippen LogP contribution in [0.15, 0.2) is 18.2 Å². The lowest BCUT2D eigenvalue weighted by Gasteiger charge is -2.04. The van der Waals surface area contributed by atoms with Crippen molar-refractivity contribution in [3.05, 3.63) is 34.9 Å². The summed E-state index contributed by atoms with van der Waals surface area (Å²) in [5.74, 6) is 0.133. The molecule has 1 aromatic carbocycles. The largest absolute Gasteiger partial charge is 0.465 e. The van der Waals surface area contributed by atoms with Crippen LogP contribution in [0.5, 0.6) is 0 Å². The van der Waals surface area contributed by atoms with Gasteiger partial charge in [0.05, 0.1) is 24.3 Å². The summed E-state index contributed by atoms with van der Waals surface area (Å²) in [7, 11) is 1.32. The van der Waals surface area contributed by atoms with Crippen molar-refractivity contribution in [1.82, 2.24) is 0 Å². The van der Waals surface area contributed by atoms with Crippen LogP contribution >= 0.6 is 11.6 Å². The molecule has 0 aliphatic carbocycles. The van der Waals surface area contributed by atoms with Crippen LogP contribution in [-0.2, 0) is 11.2 Å². The molecule has 3 nitrogen and oxygen atoms in total. The number of benzene rings is 1. The molecule has 0 aromatic heterocycles. The van der Waals surface area contributed by atoms with Crippen molar-refractivity contribution in [1.29, 1.82) is 5.26 Å². The molecule has 0 fully saturated rings. The van der Waals surface area contributed by atoms with Crippen LogP contribution in [0.1, 0.15) is 27.9 Å². The number of nitrogens with zero attached hydrogens (tertiary/aromatic N) is 1. The Bertz CT molecular complexity index is 424. The third kappa shape index (κ3) is 3.25. The lowest BCUT2D eigenvalue weighted by atomic mass is 10.0. The van der Waals surface area contributed by atoms with Gasteiger partial charge < -0.3 is 4.74 Å². The van der Waals surface area contributed by atoms with Gasteiger partial charge in [0.1, 0.15) is 0 Å². The topological polar surface area (TPSA) is 50.1 Å². The van der Waals surface area contributed by atoms with E-state index in [4.69, 9.17) is 16.9 Å². The summed E-state index contributed by atoms with van der Waals surface area (Å²) >= 11 is 5.60. The lowest BCUT2D eigenvalue weighted by molar-refractivity contribution is 0.0600. The van der Waals surface area contributed by atoms with Crippen molar-refractivity contribution >= 4 is 17.6 Å². The van der Waals surface area contributed by atoms with Crippen molar-refractivity contribution in [2.45, 2.75) is 12.8 Å². The summed E-state index contributed by atoms with van der Waals surface area (Å²) in [6.45, 7) is 0. The summed E-state index contributed by atoms with van der Waals surface area (Å²) in [6.07, 6.45) is 1.57. The molecular formula is C12H12ClNO2. The zero-order chi connectivity index (χ0) is 12.0. The van der Waals surface area contributed by atoms with E-state index in [0.29, 0.717) is 17.0 Å². The summed E-state index contributed by atoms with van der Waals surface area (Å²) in [5.41, 5.74) is 1.80. The number of esters is 1. The molecule has 4 heteroatoms. The minimum absolute atomic E-state index is 0.408. The lowest BCUT2D eigenvalue weighted by Crippen LogP contribution is -2.03. The van der Waals surface area contributed by atoms with Crippen LogP contribution in [0, 0.1) is 11.3 Å². The van der Waals surface area contributed by atoms with E-state index in [1.165, 1.54) is 13.2 Å². The van der Waals surface area contributed by atoms with Crippen LogP contribution in [0.2, 0.25) is 0 Å². The summed E-state index contributed by atoms with van der Waals surface area (Å²) in [4.78, 5) is 11.3. The molecule has 0 spiro atoms. The molecule has 0 N–H and O–H groups in total. The van der Waals surface area contributed by atoms with Gasteiger partial charge in [-0.1, -0.05) is 0 Å². The van der Waals surface area contributed by atoms with Gasteiger partial charge in [-0.15, -0.1) is 11.6 Å². The van der Waals surface area contributed by atoms with Crippen molar-refractivity contribution in [2.75, 3.05) is 13.0 Å². The van der Waals surface area contributed by atoms with Gasteiger partial charge in [-0.3, -0.25) is 0 Å². The van der Waals surface area contributed by atoms with E-state index in [-0.39, 0.29) is 0 Å². The first kappa shape index (κ1) is 12.5. The Kier molecular flexibility index (Phi) is 4.81. The standard InChI is InChI=1S/C12H12ClNO2/c1-16-12(15)11-6-9(3-2-4-13)5-10(7-11)8-14/h5-7H,2-4H2,1H3. The number of methoxy groups -OCH3 is 1. The SMILES string of the molecule is COC(=O)c1cc(C#N)cc(CCCCl)c1. The minimum atomic E-state index is -0.427. The van der Waals surface area contributed by atoms with Crippen molar-refractivity contribution in [2.24, 2.45) is 0 Å². The normalized spacial score (nSPS) is 9.56. The van der Waals surface area contributed by atoms with Crippen LogP contribution in [0.25, 0.3) is 0 Å². The zero-order valence-corrected chi connectivity index (χ0v) is 9.75. The van der Waals surface area contributed by atoms with Gasteiger partial charge in [0.25, 0.3) is 0 Å². The zero-order valence-electron chi connectivity index (χ0n) is 9.00. The fraction of sp³-hybridized carbons (Fsp3) is 0.333. The molecule has 0 aliphatic rings. The maximum atomic E-state index is 11.3. The van der Waals surface area contributed by atoms with E-state index in [9.17, 15) is 4.79 Å². The molecule has 0 amide bonds. The first-order chi connectivity index (χ1) is 7.71. The highest BCUT2D eigenvalue weighted by molar-refractivity contribution is 6.17. The van der Waals surface area contributed by atoms with E-state index in [2.05, 4.69) is 4.74 Å². The number of carbonyl (C=O) groups is 1. The average molecular weight is 238 g/mol. The Balaban J connectivity index is 3.02. The maximum absolute atomic E-state index is 11.3. The van der Waals surface area contributed by atoms with E-state index in [1.807, 2.05) is 6.07 Å². The van der Waals surface area contributed by atoms with Crippen LogP contribution in [-0.4, -0.2) is 19.0 Å². The minimum Gasteiger partial charge on any atom is -0.465 e. The number of carbonyl (C=O) groups excluding carboxylic acids is 1. The first-order valence-corrected chi connectivity index (χ1v) is 5.43. The molecule has 0 aliphatic heterocycles. The predicted molar refractivity (Wildman–Crippen MR) is 61.5 cm³/mol. The summed E-state index contributed by atoms with van der Waals surface area (Å²) in [5, 5.41) is 8.84. The molecule has 16 heavy (non-hydrogen) atoms.